The van der Waals surface area contributed by atoms with Gasteiger partial charge in [-0.3, -0.25) is 9.59 Å². The first-order valence-corrected chi connectivity index (χ1v) is 36.7. The maximum atomic E-state index is 14.1. The molecule has 0 aromatic carbocycles. The Morgan fingerprint density at radius 2 is 0.526 bits per heavy atom. The molecule has 50 heteroatoms. The molecule has 10 fully saturated rings. The van der Waals surface area contributed by atoms with Crippen LogP contribution in [0.15, 0.2) is 0 Å². The average molecular weight is 1670 g/mol. The second-order valence-corrected chi connectivity index (χ2v) is 29.5. The fourth-order valence-electron chi connectivity index (χ4n) is 15.0. The maximum Gasteiger partial charge on any atom is 0.217 e. The van der Waals surface area contributed by atoms with E-state index in [1.807, 2.05) is 0 Å². The van der Waals surface area contributed by atoms with E-state index in [2.05, 4.69) is 10.6 Å². The molecule has 2 amide bonds. The number of ether oxygens (including phenoxy) is 19. The van der Waals surface area contributed by atoms with E-state index in [0.29, 0.717) is 0 Å². The summed E-state index contributed by atoms with van der Waals surface area (Å²) < 4.78 is 115. The second kappa shape index (κ2) is 40.0. The van der Waals surface area contributed by atoms with Gasteiger partial charge < -0.3 is 239 Å². The van der Waals surface area contributed by atoms with E-state index in [1.165, 1.54) is 20.8 Å². The molecule has 0 saturated carbocycles. The van der Waals surface area contributed by atoms with Crippen LogP contribution in [0.1, 0.15) is 34.6 Å². The number of carbonyl (C=O) groups excluding carboxylic acids is 2. The van der Waals surface area contributed by atoms with Gasteiger partial charge in [-0.25, -0.2) is 0 Å². The van der Waals surface area contributed by atoms with Crippen LogP contribution in [0.5, 0.6) is 0 Å². The van der Waals surface area contributed by atoms with Gasteiger partial charge in [-0.05, 0) is 20.8 Å². The number of carbonyl (C=O) groups is 2. The molecule has 0 spiro atoms. The number of aliphatic hydroxyl groups excluding tert-OH is 27. The first-order valence-electron chi connectivity index (χ1n) is 36.7. The Balaban J connectivity index is 1.07. The summed E-state index contributed by atoms with van der Waals surface area (Å²) >= 11 is 0. The third-order valence-electron chi connectivity index (χ3n) is 21.5. The zero-order valence-corrected chi connectivity index (χ0v) is 61.5. The Labute approximate surface area is 646 Å². The molecular weight excluding hydrogens is 1560 g/mol. The molecule has 10 rings (SSSR count). The second-order valence-electron chi connectivity index (χ2n) is 29.5. The number of hydrogen-bond acceptors (Lipinski definition) is 48. The van der Waals surface area contributed by atoms with Crippen molar-refractivity contribution >= 4 is 11.8 Å². The van der Waals surface area contributed by atoms with Crippen molar-refractivity contribution in [2.45, 2.75) is 342 Å². The molecule has 10 saturated heterocycles. The molecule has 662 valence electrons. The lowest BCUT2D eigenvalue weighted by molar-refractivity contribution is -0.410. The van der Waals surface area contributed by atoms with Gasteiger partial charge in [0.05, 0.1) is 64.6 Å². The summed E-state index contributed by atoms with van der Waals surface area (Å²) in [6.45, 7) is -2.29. The summed E-state index contributed by atoms with van der Waals surface area (Å²) in [5.74, 6) is -2.06. The standard InChI is InChI=1S/C64H108N2O48/c1-13-27(75)33(81)40(88)58(97-13)111-51-25(65-16(4)73)55(95)100-24(12-96-57-45(93)39(87)47(15(3)99-57)107-59-41(89)34(82)29(77)18(6-67)101-59)50(51)108-56-26(66-17(5)74)52(112-64-54(38(86)28(76)14(2)98-64)114-62-44(92)37(85)32(80)21(9-70)104-62)48(22(10-71)105-56)109-63-46(94)53(113-61-43(91)36(84)31(79)20(8-69)103-61)49(23(11-72)106-63)110-60-42(90)35(83)30(78)19(7-68)102-60/h13-15,18-64,67-72,75-95H,6-12H2,1-5H3,(H,65,73)(H,66,74)/t13-,14-,15-,18+,19+,20+,21+,22+,23+,24+,25+,26+,27+,28+,29-,30-,31+,32-,33+,34-,35-,36-,37-,38+,39-,40-,41+,42+,43-,44+,45-,46-,47+,48+,49+,50+,51+,52+,53+,54-,55+,56-,57+,58-,59-,60-,61+,62?,63-,64-/m0/s1. The van der Waals surface area contributed by atoms with Crippen molar-refractivity contribution in [3.8, 4) is 0 Å². The lowest BCUT2D eigenvalue weighted by Gasteiger charge is -2.53. The zero-order valence-electron chi connectivity index (χ0n) is 61.5. The molecule has 29 N–H and O–H groups in total. The number of nitrogens with one attached hydrogen (secondary N) is 2. The van der Waals surface area contributed by atoms with Crippen molar-refractivity contribution in [1.29, 1.82) is 0 Å². The topological polar surface area (TPSA) is 780 Å². The van der Waals surface area contributed by atoms with Crippen molar-refractivity contribution in [3.05, 3.63) is 0 Å². The Morgan fingerprint density at radius 1 is 0.246 bits per heavy atom. The number of rotatable bonds is 27. The Morgan fingerprint density at radius 3 is 0.965 bits per heavy atom. The van der Waals surface area contributed by atoms with Crippen LogP contribution in [0, 0.1) is 0 Å². The van der Waals surface area contributed by atoms with Gasteiger partial charge in [0, 0.05) is 13.8 Å². The number of hydrogen-bond donors (Lipinski definition) is 29. The fourth-order valence-corrected chi connectivity index (χ4v) is 15.0. The van der Waals surface area contributed by atoms with E-state index in [9.17, 15) is 147 Å². The third-order valence-corrected chi connectivity index (χ3v) is 21.5. The Hall–Kier alpha value is -2.90. The van der Waals surface area contributed by atoms with Crippen LogP contribution >= 0.6 is 0 Å². The van der Waals surface area contributed by atoms with E-state index in [0.717, 1.165) is 13.8 Å². The van der Waals surface area contributed by atoms with Crippen LogP contribution < -0.4 is 10.6 Å². The molecule has 0 aliphatic carbocycles. The molecule has 10 aliphatic rings. The van der Waals surface area contributed by atoms with Crippen LogP contribution in [0.3, 0.4) is 0 Å². The molecule has 114 heavy (non-hydrogen) atoms. The van der Waals surface area contributed by atoms with Crippen LogP contribution in [-0.2, 0) is 99.6 Å². The Bertz CT molecular complexity index is 2990. The van der Waals surface area contributed by atoms with Crippen LogP contribution in [0.2, 0.25) is 0 Å². The highest BCUT2D eigenvalue weighted by atomic mass is 16.8. The lowest BCUT2D eigenvalue weighted by atomic mass is 9.92. The van der Waals surface area contributed by atoms with E-state index in [1.54, 1.807) is 0 Å². The third kappa shape index (κ3) is 19.7. The molecule has 50 nitrogen and oxygen atoms in total. The normalized spacial score (nSPS) is 52.5. The van der Waals surface area contributed by atoms with E-state index < -0.39 is 365 Å². The highest BCUT2D eigenvalue weighted by Gasteiger charge is 2.62. The predicted octanol–water partition coefficient (Wildman–Crippen LogP) is -19.4. The van der Waals surface area contributed by atoms with Gasteiger partial charge in [0.25, 0.3) is 0 Å². The van der Waals surface area contributed by atoms with Gasteiger partial charge in [0.15, 0.2) is 62.9 Å². The molecule has 0 bridgehead atoms. The largest absolute Gasteiger partial charge is 0.394 e. The van der Waals surface area contributed by atoms with Crippen molar-refractivity contribution in [2.24, 2.45) is 0 Å². The minimum absolute atomic E-state index is 0.880. The lowest BCUT2D eigenvalue weighted by Crippen LogP contribution is -2.72. The maximum absolute atomic E-state index is 14.1. The zero-order chi connectivity index (χ0) is 83.8. The summed E-state index contributed by atoms with van der Waals surface area (Å²) in [5.41, 5.74) is 0. The summed E-state index contributed by atoms with van der Waals surface area (Å²) in [4.78, 5) is 27.4. The first kappa shape index (κ1) is 93.4. The highest BCUT2D eigenvalue weighted by Crippen LogP contribution is 2.42. The average Bonchev–Trinajstić information content (AvgIpc) is 0.753. The van der Waals surface area contributed by atoms with E-state index in [4.69, 9.17) is 90.0 Å². The molecule has 1 unspecified atom stereocenters. The van der Waals surface area contributed by atoms with Gasteiger partial charge >= 0.3 is 0 Å². The smallest absolute Gasteiger partial charge is 0.217 e. The van der Waals surface area contributed by atoms with Crippen molar-refractivity contribution in [2.75, 3.05) is 46.2 Å². The van der Waals surface area contributed by atoms with E-state index >= 15 is 0 Å². The van der Waals surface area contributed by atoms with Gasteiger partial charge in [-0.15, -0.1) is 0 Å². The molecule has 0 aromatic heterocycles. The van der Waals surface area contributed by atoms with Gasteiger partial charge in [0.1, 0.15) is 226 Å². The van der Waals surface area contributed by atoms with Crippen molar-refractivity contribution < 1.29 is 237 Å². The van der Waals surface area contributed by atoms with E-state index in [-0.39, 0.29) is 0 Å². The molecule has 10 aliphatic heterocycles. The SMILES string of the molecule is CC(=O)N[C@@H]1[C@@H](O[C@@H]2O[C@@H](C)[C@@H](O)[C@@H](O)[C@@H]2O)[C@H](O[C@@H]2O[C@H](CO)[C@@H](O[C@@H]3O[C@H](CO)[C@@H](O[C@@H]4O[C@H](CO)[C@H](O)[C@H](O)[C@H]4O)[C@H](O[C@H]4O[C@H](CO)[C@@H](O)[C@H](O)[C@@H]4O)[C@@H]3O)[C@H](O[C@@H]3O[C@@H](C)[C@@H](O)[C@@H](O)[C@@H]3OC3O[C@H](CO)[C@H](O)[C@H](O)[C@H]3O)[C@H]2NC(C)=O)[C@@H](CO[C@@H]2O[C@@H](C)[C@@H](O[C@@H]3O[C@H](CO)[C@H](O)[C@H](O)[C@H]3O)[C@@H](O)[C@@H]2O)O[C@H]1O. The minimum Gasteiger partial charge on any atom is -0.394 e. The van der Waals surface area contributed by atoms with Crippen LogP contribution in [0.4, 0.5) is 0 Å². The summed E-state index contributed by atoms with van der Waals surface area (Å²) in [6, 6.07) is -4.20. The predicted molar refractivity (Wildman–Crippen MR) is 349 cm³/mol. The van der Waals surface area contributed by atoms with Crippen LogP contribution in [0.25, 0.3) is 0 Å². The van der Waals surface area contributed by atoms with Gasteiger partial charge in [-0.2, -0.15) is 0 Å². The monoisotopic (exact) mass is 1670 g/mol. The van der Waals surface area contributed by atoms with Gasteiger partial charge in [-0.1, -0.05) is 0 Å². The summed E-state index contributed by atoms with van der Waals surface area (Å²) in [6.07, 6.45) is -99.5. The number of amides is 2. The van der Waals surface area contributed by atoms with Crippen LogP contribution in [-0.4, -0.2) is 503 Å². The molecule has 0 radical (unpaired) electrons. The highest BCUT2D eigenvalue weighted by molar-refractivity contribution is 5.73. The summed E-state index contributed by atoms with van der Waals surface area (Å²) in [5, 5.41) is 304. The molecule has 0 aromatic rings. The van der Waals surface area contributed by atoms with Crippen molar-refractivity contribution in [3.63, 3.8) is 0 Å². The summed E-state index contributed by atoms with van der Waals surface area (Å²) in [7, 11) is 0. The fraction of sp³-hybridized carbons (Fsp3) is 0.969. The van der Waals surface area contributed by atoms with Crippen molar-refractivity contribution in [1.82, 2.24) is 10.6 Å². The Kier molecular flexibility index (Phi) is 32.7. The molecule has 10 heterocycles. The first-order chi connectivity index (χ1) is 53.8. The molecule has 50 atom stereocenters. The molecular formula is C64H108N2O48. The minimum atomic E-state index is -2.58. The number of aliphatic hydroxyl groups is 27. The van der Waals surface area contributed by atoms with Gasteiger partial charge in [0.2, 0.25) is 11.8 Å². The quantitative estimate of drug-likeness (QED) is 0.0363.